The number of rotatable bonds is 8. The molecule has 1 heterocycles. The van der Waals surface area contributed by atoms with E-state index in [4.69, 9.17) is 4.74 Å². The van der Waals surface area contributed by atoms with Crippen LogP contribution in [0.2, 0.25) is 0 Å². The van der Waals surface area contributed by atoms with Gasteiger partial charge in [0, 0.05) is 12.6 Å². The summed E-state index contributed by atoms with van der Waals surface area (Å²) in [6.07, 6.45) is -1.38. The number of para-hydroxylation sites is 2. The Morgan fingerprint density at radius 3 is 2.56 bits per heavy atom. The lowest BCUT2D eigenvalue weighted by atomic mass is 9.92. The number of aryl methyl sites for hydroxylation is 1. The fourth-order valence-corrected chi connectivity index (χ4v) is 3.25. The number of carbonyl (C=O) groups is 1. The van der Waals surface area contributed by atoms with E-state index in [0.29, 0.717) is 0 Å². The average Bonchev–Trinajstić information content (AvgIpc) is 2.73. The van der Waals surface area contributed by atoms with E-state index in [-0.39, 0.29) is 23.4 Å². The zero-order valence-corrected chi connectivity index (χ0v) is 18.0. The van der Waals surface area contributed by atoms with Crippen LogP contribution in [0.1, 0.15) is 40.9 Å². The first-order valence-electron chi connectivity index (χ1n) is 10.0. The molecule has 32 heavy (non-hydrogen) atoms. The first-order chi connectivity index (χ1) is 15.1. The van der Waals surface area contributed by atoms with Gasteiger partial charge in [-0.2, -0.15) is 9.78 Å². The Morgan fingerprint density at radius 2 is 1.91 bits per heavy atom. The molecule has 3 rings (SSSR count). The quantitative estimate of drug-likeness (QED) is 0.536. The Balaban J connectivity index is 1.92. The van der Waals surface area contributed by atoms with Crippen LogP contribution in [-0.4, -0.2) is 33.7 Å². The molecule has 2 aromatic carbocycles. The van der Waals surface area contributed by atoms with Crippen molar-refractivity contribution < 1.29 is 23.4 Å². The Hall–Kier alpha value is -3.39. The monoisotopic (exact) mass is 442 g/mol. The molecule has 0 unspecified atom stereocenters. The van der Waals surface area contributed by atoms with Crippen molar-refractivity contribution >= 4 is 5.78 Å². The molecule has 0 atom stereocenters. The first kappa shape index (κ1) is 23.3. The Bertz CT molecular complexity index is 1180. The van der Waals surface area contributed by atoms with Crippen molar-refractivity contribution in [3.8, 4) is 11.4 Å². The minimum Gasteiger partial charge on any atom is -0.485 e. The van der Waals surface area contributed by atoms with Gasteiger partial charge in [-0.15, -0.1) is 0 Å². The number of aliphatic hydroxyl groups is 1. The van der Waals surface area contributed by atoms with Crippen LogP contribution in [-0.2, 0) is 12.0 Å². The van der Waals surface area contributed by atoms with Crippen LogP contribution in [0.5, 0.6) is 5.75 Å². The van der Waals surface area contributed by atoms with E-state index in [0.717, 1.165) is 21.4 Å². The second-order valence-electron chi connectivity index (χ2n) is 7.93. The van der Waals surface area contributed by atoms with Crippen LogP contribution < -0.4 is 10.3 Å². The van der Waals surface area contributed by atoms with E-state index in [9.17, 15) is 23.5 Å². The van der Waals surface area contributed by atoms with Crippen molar-refractivity contribution in [3.05, 3.63) is 87.3 Å². The summed E-state index contributed by atoms with van der Waals surface area (Å²) in [5.74, 6) is -0.346. The Labute approximate surface area is 184 Å². The van der Waals surface area contributed by atoms with Gasteiger partial charge in [-0.1, -0.05) is 30.3 Å². The molecular weight excluding hydrogens is 418 g/mol. The number of nitrogens with zero attached hydrogens (tertiary/aromatic N) is 2. The maximum Gasteiger partial charge on any atom is 0.282 e. The molecule has 0 aliphatic rings. The second kappa shape index (κ2) is 9.40. The number of alkyl halides is 2. The molecule has 0 spiro atoms. The van der Waals surface area contributed by atoms with Gasteiger partial charge in [0.1, 0.15) is 18.0 Å². The summed E-state index contributed by atoms with van der Waals surface area (Å²) in [5.41, 5.74) is 0.679. The van der Waals surface area contributed by atoms with Crippen LogP contribution in [0.3, 0.4) is 0 Å². The summed E-state index contributed by atoms with van der Waals surface area (Å²) in [6, 6.07) is 12.8. The van der Waals surface area contributed by atoms with Gasteiger partial charge in [-0.25, -0.2) is 8.78 Å². The highest BCUT2D eigenvalue weighted by Gasteiger charge is 2.20. The average molecular weight is 442 g/mol. The van der Waals surface area contributed by atoms with Crippen molar-refractivity contribution in [1.82, 2.24) is 9.78 Å². The molecule has 1 N–H and O–H groups in total. The fourth-order valence-electron chi connectivity index (χ4n) is 3.25. The molecule has 0 amide bonds. The number of carbonyl (C=O) groups excluding carboxylic acids is 1. The van der Waals surface area contributed by atoms with Crippen molar-refractivity contribution in [2.24, 2.45) is 0 Å². The zero-order valence-electron chi connectivity index (χ0n) is 18.0. The lowest BCUT2D eigenvalue weighted by molar-refractivity contribution is 0.0785. The van der Waals surface area contributed by atoms with Gasteiger partial charge in [-0.3, -0.25) is 9.59 Å². The summed E-state index contributed by atoms with van der Waals surface area (Å²) in [6.45, 7) is 4.35. The van der Waals surface area contributed by atoms with Gasteiger partial charge in [0.2, 0.25) is 0 Å². The maximum atomic E-state index is 13.0. The minimum atomic E-state index is -2.67. The summed E-state index contributed by atoms with van der Waals surface area (Å²) in [7, 11) is 0. The standard InChI is InChI=1S/C24H24F2N2O4/c1-15-12-17(24(2,3)31)9-8-16(15)13-20(29)18-10-11-27-28(23(18)30)19-6-4-5-7-21(19)32-14-22(25)26/h4-12,22,31H,13-14H2,1-3H3. The molecule has 168 valence electrons. The third-order valence-corrected chi connectivity index (χ3v) is 5.00. The van der Waals surface area contributed by atoms with Gasteiger partial charge in [0.15, 0.2) is 5.78 Å². The summed E-state index contributed by atoms with van der Waals surface area (Å²) in [5, 5.41) is 14.2. The zero-order chi connectivity index (χ0) is 23.5. The van der Waals surface area contributed by atoms with Crippen molar-refractivity contribution in [3.63, 3.8) is 0 Å². The molecule has 0 aliphatic carbocycles. The van der Waals surface area contributed by atoms with Crippen LogP contribution >= 0.6 is 0 Å². The molecular formula is C24H24F2N2O4. The number of hydrogen-bond acceptors (Lipinski definition) is 5. The predicted octanol–water partition coefficient (Wildman–Crippen LogP) is 3.84. The maximum absolute atomic E-state index is 13.0. The molecule has 6 nitrogen and oxygen atoms in total. The summed E-state index contributed by atoms with van der Waals surface area (Å²) < 4.78 is 31.2. The number of ketones is 1. The summed E-state index contributed by atoms with van der Waals surface area (Å²) in [4.78, 5) is 25.9. The molecule has 0 fully saturated rings. The number of ether oxygens (including phenoxy) is 1. The van der Waals surface area contributed by atoms with Crippen LogP contribution in [0.4, 0.5) is 8.78 Å². The lowest BCUT2D eigenvalue weighted by Gasteiger charge is -2.19. The summed E-state index contributed by atoms with van der Waals surface area (Å²) >= 11 is 0. The largest absolute Gasteiger partial charge is 0.485 e. The molecule has 0 saturated carbocycles. The highest BCUT2D eigenvalue weighted by atomic mass is 19.3. The lowest BCUT2D eigenvalue weighted by Crippen LogP contribution is -2.28. The molecule has 3 aromatic rings. The van der Waals surface area contributed by atoms with E-state index in [1.54, 1.807) is 38.1 Å². The van der Waals surface area contributed by atoms with E-state index in [1.807, 2.05) is 13.0 Å². The first-order valence-corrected chi connectivity index (χ1v) is 10.0. The SMILES string of the molecule is Cc1cc(C(C)(C)O)ccc1CC(=O)c1ccnn(-c2ccccc2OCC(F)F)c1=O. The normalized spacial score (nSPS) is 11.6. The molecule has 0 aliphatic heterocycles. The Kier molecular flexibility index (Phi) is 6.84. The van der Waals surface area contributed by atoms with Gasteiger partial charge in [0.05, 0.1) is 11.2 Å². The van der Waals surface area contributed by atoms with Crippen molar-refractivity contribution in [2.45, 2.75) is 39.2 Å². The van der Waals surface area contributed by atoms with Gasteiger partial charge in [0.25, 0.3) is 12.0 Å². The third kappa shape index (κ3) is 5.26. The molecule has 1 aromatic heterocycles. The van der Waals surface area contributed by atoms with Crippen LogP contribution in [0, 0.1) is 6.92 Å². The smallest absolute Gasteiger partial charge is 0.282 e. The number of aromatic nitrogens is 2. The number of benzene rings is 2. The third-order valence-electron chi connectivity index (χ3n) is 5.00. The van der Waals surface area contributed by atoms with E-state index in [2.05, 4.69) is 5.10 Å². The van der Waals surface area contributed by atoms with Crippen molar-refractivity contribution in [2.75, 3.05) is 6.61 Å². The van der Waals surface area contributed by atoms with Gasteiger partial charge in [-0.05, 0) is 55.7 Å². The number of hydrogen-bond donors (Lipinski definition) is 1. The van der Waals surface area contributed by atoms with Crippen LogP contribution in [0.25, 0.3) is 5.69 Å². The van der Waals surface area contributed by atoms with Gasteiger partial charge >= 0.3 is 0 Å². The molecule has 8 heteroatoms. The molecule has 0 saturated heterocycles. The highest BCUT2D eigenvalue weighted by Crippen LogP contribution is 2.24. The topological polar surface area (TPSA) is 81.4 Å². The van der Waals surface area contributed by atoms with Crippen molar-refractivity contribution in [1.29, 1.82) is 0 Å². The number of Topliss-reactive ketones (excluding diaryl/α,β-unsaturated/α-hetero) is 1. The Morgan fingerprint density at radius 1 is 1.19 bits per heavy atom. The van der Waals surface area contributed by atoms with E-state index >= 15 is 0 Å². The van der Waals surface area contributed by atoms with Gasteiger partial charge < -0.3 is 9.84 Å². The predicted molar refractivity (Wildman–Crippen MR) is 116 cm³/mol. The van der Waals surface area contributed by atoms with E-state index in [1.165, 1.54) is 24.4 Å². The molecule has 0 radical (unpaired) electrons. The second-order valence-corrected chi connectivity index (χ2v) is 7.93. The fraction of sp³-hybridized carbons (Fsp3) is 0.292. The highest BCUT2D eigenvalue weighted by molar-refractivity contribution is 5.97. The van der Waals surface area contributed by atoms with E-state index < -0.39 is 30.0 Å². The minimum absolute atomic E-state index is 0.0131. The number of halogens is 2. The van der Waals surface area contributed by atoms with Crippen LogP contribution in [0.15, 0.2) is 59.5 Å². The molecule has 0 bridgehead atoms.